The highest BCUT2D eigenvalue weighted by Crippen LogP contribution is 2.47. The van der Waals surface area contributed by atoms with Crippen molar-refractivity contribution in [2.24, 2.45) is 17.8 Å². The number of amides is 1. The van der Waals surface area contributed by atoms with E-state index in [0.717, 1.165) is 16.1 Å². The molecule has 1 aromatic rings. The summed E-state index contributed by atoms with van der Waals surface area (Å²) < 4.78 is 30.2. The van der Waals surface area contributed by atoms with E-state index in [2.05, 4.69) is 0 Å². The zero-order valence-corrected chi connectivity index (χ0v) is 14.5. The summed E-state index contributed by atoms with van der Waals surface area (Å²) >= 11 is 0. The first-order chi connectivity index (χ1) is 11.3. The molecule has 2 aliphatic rings. The molecule has 0 radical (unpaired) electrons. The van der Waals surface area contributed by atoms with Gasteiger partial charge in [-0.05, 0) is 18.4 Å². The summed E-state index contributed by atoms with van der Waals surface area (Å²) in [6.45, 7) is 1.89. The Morgan fingerprint density at radius 1 is 1.25 bits per heavy atom. The fraction of sp³-hybridized carbons (Fsp3) is 0.529. The van der Waals surface area contributed by atoms with Crippen molar-refractivity contribution in [3.8, 4) is 0 Å². The predicted molar refractivity (Wildman–Crippen MR) is 87.1 cm³/mol. The molecule has 130 valence electrons. The van der Waals surface area contributed by atoms with E-state index in [1.54, 1.807) is 6.92 Å². The molecule has 1 aliphatic carbocycles. The number of sulfonamides is 1. The van der Waals surface area contributed by atoms with E-state index in [1.807, 2.05) is 30.3 Å². The number of hydrogen-bond donors (Lipinski definition) is 0. The van der Waals surface area contributed by atoms with Gasteiger partial charge in [-0.2, -0.15) is 0 Å². The molecule has 3 rings (SSSR count). The van der Waals surface area contributed by atoms with Gasteiger partial charge in [0, 0.05) is 11.8 Å². The van der Waals surface area contributed by atoms with Crippen molar-refractivity contribution in [3.05, 3.63) is 35.9 Å². The molecular formula is C17H21NO5S. The number of fused-ring (bicyclic) bond motifs is 1. The number of benzene rings is 1. The topological polar surface area (TPSA) is 80.8 Å². The summed E-state index contributed by atoms with van der Waals surface area (Å²) in [4.78, 5) is 24.8. The molecule has 1 aliphatic heterocycles. The van der Waals surface area contributed by atoms with Crippen LogP contribution in [0.5, 0.6) is 0 Å². The molecule has 6 nitrogen and oxygen atoms in total. The highest BCUT2D eigenvalue weighted by molar-refractivity contribution is 7.88. The van der Waals surface area contributed by atoms with E-state index in [0.29, 0.717) is 12.8 Å². The van der Waals surface area contributed by atoms with Crippen molar-refractivity contribution in [3.63, 3.8) is 0 Å². The molecule has 1 amide bonds. The smallest absolute Gasteiger partial charge is 0.309 e. The number of rotatable bonds is 4. The van der Waals surface area contributed by atoms with Gasteiger partial charge in [0.25, 0.3) is 0 Å². The third-order valence-corrected chi connectivity index (χ3v) is 6.22. The maximum absolute atomic E-state index is 12.5. The summed E-state index contributed by atoms with van der Waals surface area (Å²) in [5.41, 5.74) is 0.897. The molecule has 1 saturated carbocycles. The summed E-state index contributed by atoms with van der Waals surface area (Å²) in [5.74, 6) is -1.96. The Labute approximate surface area is 141 Å². The summed E-state index contributed by atoms with van der Waals surface area (Å²) in [6, 6.07) is 8.96. The molecule has 1 heterocycles. The van der Waals surface area contributed by atoms with Gasteiger partial charge in [-0.25, -0.2) is 12.7 Å². The number of carbonyl (C=O) groups excluding carboxylic acids is 2. The van der Waals surface area contributed by atoms with Crippen LogP contribution in [0.3, 0.4) is 0 Å². The number of ether oxygens (including phenoxy) is 1. The molecule has 2 fully saturated rings. The van der Waals surface area contributed by atoms with Crippen LogP contribution in [-0.4, -0.2) is 36.9 Å². The zero-order valence-electron chi connectivity index (χ0n) is 13.7. The van der Waals surface area contributed by atoms with Crippen LogP contribution in [0.1, 0.15) is 25.3 Å². The largest absolute Gasteiger partial charge is 0.461 e. The van der Waals surface area contributed by atoms with Gasteiger partial charge in [0.15, 0.2) is 0 Å². The zero-order chi connectivity index (χ0) is 17.5. The van der Waals surface area contributed by atoms with Crippen molar-refractivity contribution < 1.29 is 22.7 Å². The Morgan fingerprint density at radius 2 is 1.92 bits per heavy atom. The molecule has 0 aromatic heterocycles. The third kappa shape index (κ3) is 2.92. The molecule has 1 aromatic carbocycles. The normalized spacial score (nSPS) is 29.6. The first-order valence-corrected chi connectivity index (χ1v) is 9.89. The van der Waals surface area contributed by atoms with E-state index in [9.17, 15) is 18.0 Å². The van der Waals surface area contributed by atoms with Crippen molar-refractivity contribution in [2.75, 3.05) is 6.26 Å². The molecule has 0 N–H and O–H groups in total. The first-order valence-electron chi connectivity index (χ1n) is 8.04. The van der Waals surface area contributed by atoms with E-state index >= 15 is 0 Å². The second kappa shape index (κ2) is 6.20. The highest BCUT2D eigenvalue weighted by atomic mass is 32.2. The number of esters is 1. The lowest BCUT2D eigenvalue weighted by Crippen LogP contribution is -2.38. The van der Waals surface area contributed by atoms with Crippen LogP contribution in [0.15, 0.2) is 30.3 Å². The quantitative estimate of drug-likeness (QED) is 0.769. The Balaban J connectivity index is 1.72. The third-order valence-electron chi connectivity index (χ3n) is 5.05. The Morgan fingerprint density at radius 3 is 2.54 bits per heavy atom. The van der Waals surface area contributed by atoms with E-state index in [-0.39, 0.29) is 18.5 Å². The standard InChI is InChI=1S/C17H21NO5S/c1-11-15-13(17(20)23-10-12-6-4-3-5-7-12)8-9-14(15)18(16(11)19)24(2,21)22/h3-7,11,13-15H,8-10H2,1-2H3/t11-,13?,14-,15-/m0/s1. The van der Waals surface area contributed by atoms with Crippen LogP contribution in [0.4, 0.5) is 0 Å². The van der Waals surface area contributed by atoms with Gasteiger partial charge in [0.05, 0.1) is 18.2 Å². The second-order valence-corrected chi connectivity index (χ2v) is 8.47. The minimum absolute atomic E-state index is 0.186. The van der Waals surface area contributed by atoms with Gasteiger partial charge in [-0.3, -0.25) is 9.59 Å². The van der Waals surface area contributed by atoms with Crippen molar-refractivity contribution in [1.29, 1.82) is 0 Å². The summed E-state index contributed by atoms with van der Waals surface area (Å²) in [5, 5.41) is 0. The van der Waals surface area contributed by atoms with Gasteiger partial charge >= 0.3 is 5.97 Å². The van der Waals surface area contributed by atoms with E-state index in [1.165, 1.54) is 0 Å². The maximum Gasteiger partial charge on any atom is 0.309 e. The monoisotopic (exact) mass is 351 g/mol. The van der Waals surface area contributed by atoms with Crippen LogP contribution in [0.2, 0.25) is 0 Å². The Bertz CT molecular complexity index is 746. The molecular weight excluding hydrogens is 330 g/mol. The number of hydrogen-bond acceptors (Lipinski definition) is 5. The van der Waals surface area contributed by atoms with E-state index < -0.39 is 33.8 Å². The molecule has 1 saturated heterocycles. The molecule has 7 heteroatoms. The van der Waals surface area contributed by atoms with Crippen LogP contribution in [-0.2, 0) is 31.0 Å². The fourth-order valence-electron chi connectivity index (χ4n) is 4.01. The summed E-state index contributed by atoms with van der Waals surface area (Å²) in [7, 11) is -3.61. The Hall–Kier alpha value is -1.89. The SMILES string of the molecule is C[C@@H]1C(=O)N(S(C)(=O)=O)[C@H]2CCC(C(=O)OCc3ccccc3)[C@H]12. The molecule has 24 heavy (non-hydrogen) atoms. The predicted octanol–water partition coefficient (Wildman–Crippen LogP) is 1.56. The van der Waals surface area contributed by atoms with Gasteiger partial charge < -0.3 is 4.74 Å². The number of nitrogens with zero attached hydrogens (tertiary/aromatic N) is 1. The minimum atomic E-state index is -3.61. The lowest BCUT2D eigenvalue weighted by atomic mass is 9.86. The van der Waals surface area contributed by atoms with Gasteiger partial charge in [-0.1, -0.05) is 37.3 Å². The Kier molecular flexibility index (Phi) is 4.38. The van der Waals surface area contributed by atoms with Crippen molar-refractivity contribution in [2.45, 2.75) is 32.4 Å². The average Bonchev–Trinajstić information content (AvgIpc) is 3.05. The molecule has 4 atom stereocenters. The highest BCUT2D eigenvalue weighted by Gasteiger charge is 2.57. The fourth-order valence-corrected chi connectivity index (χ4v) is 5.24. The van der Waals surface area contributed by atoms with Gasteiger partial charge in [-0.15, -0.1) is 0 Å². The van der Waals surface area contributed by atoms with Crippen molar-refractivity contribution >= 4 is 21.9 Å². The number of carbonyl (C=O) groups is 2. The second-order valence-electron chi connectivity index (χ2n) is 6.61. The maximum atomic E-state index is 12.5. The van der Waals surface area contributed by atoms with Crippen molar-refractivity contribution in [1.82, 2.24) is 4.31 Å². The molecule has 0 bridgehead atoms. The van der Waals surface area contributed by atoms with Gasteiger partial charge in [0.1, 0.15) is 6.61 Å². The first kappa shape index (κ1) is 17.0. The average molecular weight is 351 g/mol. The minimum Gasteiger partial charge on any atom is -0.461 e. The lowest BCUT2D eigenvalue weighted by molar-refractivity contribution is -0.151. The molecule has 0 spiro atoms. The van der Waals surface area contributed by atoms with E-state index in [4.69, 9.17) is 4.74 Å². The van der Waals surface area contributed by atoms with Gasteiger partial charge in [0.2, 0.25) is 15.9 Å². The van der Waals surface area contributed by atoms with Crippen LogP contribution >= 0.6 is 0 Å². The molecule has 1 unspecified atom stereocenters. The van der Waals surface area contributed by atoms with Crippen LogP contribution in [0.25, 0.3) is 0 Å². The van der Waals surface area contributed by atoms with Crippen LogP contribution < -0.4 is 0 Å². The summed E-state index contributed by atoms with van der Waals surface area (Å²) in [6.07, 6.45) is 2.10. The van der Waals surface area contributed by atoms with Crippen LogP contribution in [0, 0.1) is 17.8 Å². The lowest BCUT2D eigenvalue weighted by Gasteiger charge is -2.22.